The molecule has 0 saturated heterocycles. The zero-order valence-corrected chi connectivity index (χ0v) is 10.1. The molecule has 0 atom stereocenters. The minimum Gasteiger partial charge on any atom is -0.322 e. The number of aromatic nitrogens is 5. The molecule has 0 radical (unpaired) electrons. The molecule has 1 aromatic carbocycles. The van der Waals surface area contributed by atoms with Gasteiger partial charge in [-0.05, 0) is 28.1 Å². The Morgan fingerprint density at radius 2 is 1.95 bits per heavy atom. The maximum Gasteiger partial charge on any atom is 0.247 e. The Balaban J connectivity index is 1.79. The zero-order valence-electron chi connectivity index (χ0n) is 10.1. The van der Waals surface area contributed by atoms with E-state index in [0.717, 1.165) is 11.3 Å². The van der Waals surface area contributed by atoms with Crippen LogP contribution < -0.4 is 5.32 Å². The van der Waals surface area contributed by atoms with Gasteiger partial charge in [0.05, 0.1) is 18.4 Å². The lowest BCUT2D eigenvalue weighted by atomic mass is 10.2. The summed E-state index contributed by atoms with van der Waals surface area (Å²) in [6, 6.07) is 13.8. The third-order valence-corrected chi connectivity index (χ3v) is 2.62. The number of pyridine rings is 1. The van der Waals surface area contributed by atoms with Gasteiger partial charge in [-0.1, -0.05) is 35.4 Å². The second-order valence-electron chi connectivity index (χ2n) is 4.01. The van der Waals surface area contributed by atoms with Crippen LogP contribution in [0.1, 0.15) is 5.56 Å². The maximum atomic E-state index is 4.04. The quantitative estimate of drug-likeness (QED) is 0.767. The van der Waals surface area contributed by atoms with Gasteiger partial charge >= 0.3 is 0 Å². The third kappa shape index (κ3) is 2.74. The molecular weight excluding hydrogens is 240 g/mol. The monoisotopic (exact) mass is 252 g/mol. The third-order valence-electron chi connectivity index (χ3n) is 2.62. The molecule has 0 aliphatic carbocycles. The summed E-state index contributed by atoms with van der Waals surface area (Å²) in [6.45, 7) is 0.621. The highest BCUT2D eigenvalue weighted by Crippen LogP contribution is 2.12. The van der Waals surface area contributed by atoms with Gasteiger partial charge in [0, 0.05) is 6.20 Å². The molecule has 0 amide bonds. The average Bonchev–Trinajstić information content (AvgIpc) is 2.88. The highest BCUT2D eigenvalue weighted by molar-refractivity contribution is 5.50. The van der Waals surface area contributed by atoms with E-state index < -0.39 is 0 Å². The van der Waals surface area contributed by atoms with Gasteiger partial charge in [-0.25, -0.2) is 4.68 Å². The van der Waals surface area contributed by atoms with Crippen molar-refractivity contribution in [3.05, 3.63) is 60.4 Å². The van der Waals surface area contributed by atoms with E-state index in [-0.39, 0.29) is 0 Å². The van der Waals surface area contributed by atoms with Gasteiger partial charge in [-0.2, -0.15) is 0 Å². The summed E-state index contributed by atoms with van der Waals surface area (Å²) in [6.07, 6.45) is 3.44. The molecule has 2 aromatic heterocycles. The number of benzene rings is 1. The molecular formula is C13H12N6. The SMILES string of the molecule is c1ccc(Cn2nnnc2Nc2cccnc2)cc1. The molecule has 1 N–H and O–H groups in total. The number of nitrogens with zero attached hydrogens (tertiary/aromatic N) is 5. The molecule has 0 spiro atoms. The first-order chi connectivity index (χ1) is 9.42. The molecule has 6 heteroatoms. The molecule has 0 aliphatic rings. The number of tetrazole rings is 1. The van der Waals surface area contributed by atoms with Crippen LogP contribution in [-0.2, 0) is 6.54 Å². The van der Waals surface area contributed by atoms with E-state index in [1.807, 2.05) is 42.5 Å². The summed E-state index contributed by atoms with van der Waals surface area (Å²) in [5, 5.41) is 14.8. The number of hydrogen-bond donors (Lipinski definition) is 1. The van der Waals surface area contributed by atoms with Crippen LogP contribution in [0.2, 0.25) is 0 Å². The predicted octanol–water partition coefficient (Wildman–Crippen LogP) is 1.86. The lowest BCUT2D eigenvalue weighted by Crippen LogP contribution is -2.06. The summed E-state index contributed by atoms with van der Waals surface area (Å²) in [7, 11) is 0. The lowest BCUT2D eigenvalue weighted by molar-refractivity contribution is 0.654. The van der Waals surface area contributed by atoms with Gasteiger partial charge in [-0.3, -0.25) is 4.98 Å². The van der Waals surface area contributed by atoms with Crippen LogP contribution in [0, 0.1) is 0 Å². The molecule has 2 heterocycles. The van der Waals surface area contributed by atoms with Crippen LogP contribution in [0.25, 0.3) is 0 Å². The number of anilines is 2. The van der Waals surface area contributed by atoms with Crippen LogP contribution in [-0.4, -0.2) is 25.2 Å². The highest BCUT2D eigenvalue weighted by atomic mass is 15.6. The molecule has 3 rings (SSSR count). The molecule has 0 unspecified atom stereocenters. The van der Waals surface area contributed by atoms with Crippen molar-refractivity contribution < 1.29 is 0 Å². The minimum absolute atomic E-state index is 0.594. The van der Waals surface area contributed by atoms with Gasteiger partial charge in [-0.15, -0.1) is 0 Å². The molecule has 94 valence electrons. The normalized spacial score (nSPS) is 10.3. The molecule has 3 aromatic rings. The van der Waals surface area contributed by atoms with E-state index in [1.165, 1.54) is 0 Å². The van der Waals surface area contributed by atoms with E-state index in [2.05, 4.69) is 25.8 Å². The van der Waals surface area contributed by atoms with Gasteiger partial charge in [0.2, 0.25) is 5.95 Å². The zero-order chi connectivity index (χ0) is 12.9. The first kappa shape index (κ1) is 11.3. The fourth-order valence-corrected chi connectivity index (χ4v) is 1.72. The van der Waals surface area contributed by atoms with Crippen LogP contribution in [0.5, 0.6) is 0 Å². The van der Waals surface area contributed by atoms with Gasteiger partial charge in [0.1, 0.15) is 0 Å². The van der Waals surface area contributed by atoms with E-state index in [9.17, 15) is 0 Å². The standard InChI is InChI=1S/C13H12N6/c1-2-5-11(6-3-1)10-19-13(16-17-18-19)15-12-7-4-8-14-9-12/h1-9H,10H2,(H,15,16,18). The number of nitrogens with one attached hydrogen (secondary N) is 1. The Hall–Kier alpha value is -2.76. The van der Waals surface area contributed by atoms with Crippen LogP contribution in [0.3, 0.4) is 0 Å². The van der Waals surface area contributed by atoms with E-state index in [4.69, 9.17) is 0 Å². The second-order valence-corrected chi connectivity index (χ2v) is 4.01. The van der Waals surface area contributed by atoms with Gasteiger partial charge in [0.15, 0.2) is 0 Å². The smallest absolute Gasteiger partial charge is 0.247 e. The first-order valence-electron chi connectivity index (χ1n) is 5.89. The molecule has 19 heavy (non-hydrogen) atoms. The Morgan fingerprint density at radius 3 is 2.74 bits per heavy atom. The predicted molar refractivity (Wildman–Crippen MR) is 70.9 cm³/mol. The minimum atomic E-state index is 0.594. The Bertz CT molecular complexity index is 579. The summed E-state index contributed by atoms with van der Waals surface area (Å²) in [5.74, 6) is 0.594. The second kappa shape index (κ2) is 5.26. The van der Waals surface area contributed by atoms with Crippen LogP contribution in [0.4, 0.5) is 11.6 Å². The van der Waals surface area contributed by atoms with Crippen molar-refractivity contribution in [1.29, 1.82) is 0 Å². The van der Waals surface area contributed by atoms with Gasteiger partial charge < -0.3 is 5.32 Å². The van der Waals surface area contributed by atoms with Crippen molar-refractivity contribution in [2.45, 2.75) is 6.54 Å². The molecule has 6 nitrogen and oxygen atoms in total. The summed E-state index contributed by atoms with van der Waals surface area (Å²) in [5.41, 5.74) is 2.00. The van der Waals surface area contributed by atoms with Crippen LogP contribution in [0.15, 0.2) is 54.9 Å². The average molecular weight is 252 g/mol. The lowest BCUT2D eigenvalue weighted by Gasteiger charge is -2.06. The summed E-state index contributed by atoms with van der Waals surface area (Å²) >= 11 is 0. The fraction of sp³-hybridized carbons (Fsp3) is 0.0769. The first-order valence-corrected chi connectivity index (χ1v) is 5.89. The fourth-order valence-electron chi connectivity index (χ4n) is 1.72. The Labute approximate surface area is 110 Å². The van der Waals surface area contributed by atoms with Crippen molar-refractivity contribution in [2.24, 2.45) is 0 Å². The van der Waals surface area contributed by atoms with Crippen molar-refractivity contribution in [1.82, 2.24) is 25.2 Å². The van der Waals surface area contributed by atoms with Crippen molar-refractivity contribution in [2.75, 3.05) is 5.32 Å². The largest absolute Gasteiger partial charge is 0.322 e. The Kier molecular flexibility index (Phi) is 3.14. The Morgan fingerprint density at radius 1 is 1.05 bits per heavy atom. The topological polar surface area (TPSA) is 68.5 Å². The molecule has 0 aliphatic heterocycles. The number of rotatable bonds is 4. The maximum absolute atomic E-state index is 4.04. The van der Waals surface area contributed by atoms with Crippen molar-refractivity contribution >= 4 is 11.6 Å². The van der Waals surface area contributed by atoms with Crippen molar-refractivity contribution in [3.63, 3.8) is 0 Å². The molecule has 0 bridgehead atoms. The summed E-state index contributed by atoms with van der Waals surface area (Å²) < 4.78 is 1.71. The molecule has 0 fully saturated rings. The van der Waals surface area contributed by atoms with E-state index in [1.54, 1.807) is 17.1 Å². The highest BCUT2D eigenvalue weighted by Gasteiger charge is 2.06. The van der Waals surface area contributed by atoms with Crippen LogP contribution >= 0.6 is 0 Å². The van der Waals surface area contributed by atoms with Crippen molar-refractivity contribution in [3.8, 4) is 0 Å². The number of hydrogen-bond acceptors (Lipinski definition) is 5. The van der Waals surface area contributed by atoms with E-state index >= 15 is 0 Å². The summed E-state index contributed by atoms with van der Waals surface area (Å²) in [4.78, 5) is 4.04. The molecule has 0 saturated carbocycles. The van der Waals surface area contributed by atoms with Gasteiger partial charge in [0.25, 0.3) is 0 Å². The van der Waals surface area contributed by atoms with E-state index in [0.29, 0.717) is 12.5 Å².